The van der Waals surface area contributed by atoms with E-state index >= 15 is 0 Å². The summed E-state index contributed by atoms with van der Waals surface area (Å²) in [7, 11) is 0. The van der Waals surface area contributed by atoms with E-state index < -0.39 is 35.2 Å². The highest BCUT2D eigenvalue weighted by Crippen LogP contribution is 2.37. The average Bonchev–Trinajstić information content (AvgIpc) is 3.78. The number of H-pyrrole nitrogens is 1. The Morgan fingerprint density at radius 2 is 1.71 bits per heavy atom. The monoisotopic (exact) mass is 727 g/mol. The lowest BCUT2D eigenvalue weighted by Gasteiger charge is -2.53. The van der Waals surface area contributed by atoms with Gasteiger partial charge in [-0.2, -0.15) is 23.5 Å². The molecule has 276 valence electrons. The van der Waals surface area contributed by atoms with Crippen molar-refractivity contribution in [2.45, 2.75) is 75.5 Å². The highest BCUT2D eigenvalue weighted by molar-refractivity contribution is 5.90. The van der Waals surface area contributed by atoms with E-state index in [1.807, 2.05) is 16.9 Å². The van der Waals surface area contributed by atoms with Crippen LogP contribution in [0.15, 0.2) is 43.2 Å². The molecule has 0 bridgehead atoms. The Kier molecular flexibility index (Phi) is 11.8. The summed E-state index contributed by atoms with van der Waals surface area (Å²) < 4.78 is 55.0. The largest absolute Gasteiger partial charge is 0.481 e. The van der Waals surface area contributed by atoms with E-state index in [-0.39, 0.29) is 43.2 Å². The molecule has 14 nitrogen and oxygen atoms in total. The van der Waals surface area contributed by atoms with Crippen LogP contribution >= 0.6 is 0 Å². The Morgan fingerprint density at radius 1 is 1.02 bits per heavy atom. The first-order valence-corrected chi connectivity index (χ1v) is 16.7. The number of aliphatic carboxylic acids is 2. The minimum absolute atomic E-state index is 0.0628. The van der Waals surface area contributed by atoms with Gasteiger partial charge in [0.05, 0.1) is 24.4 Å². The number of aryl methyl sites for hydroxylation is 1. The molecule has 4 aromatic rings. The zero-order valence-electron chi connectivity index (χ0n) is 28.0. The fourth-order valence-corrected chi connectivity index (χ4v) is 6.57. The number of pyridine rings is 1. The van der Waals surface area contributed by atoms with Gasteiger partial charge in [-0.25, -0.2) is 19.3 Å². The van der Waals surface area contributed by atoms with Crippen molar-refractivity contribution in [3.05, 3.63) is 60.3 Å². The lowest BCUT2D eigenvalue weighted by atomic mass is 9.83. The molecule has 0 aromatic carbocycles. The number of carboxylic acids is 2. The number of aromatic nitrogens is 6. The van der Waals surface area contributed by atoms with Crippen molar-refractivity contribution < 1.29 is 42.2 Å². The van der Waals surface area contributed by atoms with Gasteiger partial charge in [0.25, 0.3) is 0 Å². The van der Waals surface area contributed by atoms with E-state index in [4.69, 9.17) is 10.2 Å². The highest BCUT2D eigenvalue weighted by Gasteiger charge is 2.48. The summed E-state index contributed by atoms with van der Waals surface area (Å²) in [4.78, 5) is 51.4. The Labute approximate surface area is 295 Å². The van der Waals surface area contributed by atoms with Crippen LogP contribution in [-0.4, -0.2) is 99.8 Å². The van der Waals surface area contributed by atoms with E-state index in [1.165, 1.54) is 12.4 Å². The fraction of sp³-hybridized carbons (Fsp3) is 0.471. The van der Waals surface area contributed by atoms with Gasteiger partial charge >= 0.3 is 18.1 Å². The number of alkyl halides is 3. The maximum atomic E-state index is 14.3. The number of nitrogens with one attached hydrogen (secondary N) is 1. The topological polar surface area (TPSA) is 194 Å². The molecule has 2 aliphatic heterocycles. The van der Waals surface area contributed by atoms with Crippen molar-refractivity contribution in [3.63, 3.8) is 0 Å². The second kappa shape index (κ2) is 16.3. The first-order valence-electron chi connectivity index (χ1n) is 16.7. The third-order valence-corrected chi connectivity index (χ3v) is 9.31. The smallest absolute Gasteiger partial charge is 0.436 e. The molecule has 0 spiro atoms. The Morgan fingerprint density at radius 3 is 2.35 bits per heavy atom. The third kappa shape index (κ3) is 8.88. The minimum Gasteiger partial charge on any atom is -0.481 e. The van der Waals surface area contributed by atoms with Gasteiger partial charge in [-0.1, -0.05) is 0 Å². The van der Waals surface area contributed by atoms with Crippen molar-refractivity contribution >= 4 is 28.9 Å². The van der Waals surface area contributed by atoms with Gasteiger partial charge in [0, 0.05) is 81.0 Å². The molecule has 2 aliphatic rings. The zero-order chi connectivity index (χ0) is 37.5. The van der Waals surface area contributed by atoms with Gasteiger partial charge in [-0.05, 0) is 49.8 Å². The predicted octanol–water partition coefficient (Wildman–Crippen LogP) is 4.64. The van der Waals surface area contributed by atoms with Crippen molar-refractivity contribution in [3.8, 4) is 17.3 Å². The number of aromatic amines is 1. The third-order valence-electron chi connectivity index (χ3n) is 9.31. The molecule has 4 aromatic heterocycles. The lowest BCUT2D eigenvalue weighted by molar-refractivity contribution is -0.144. The minimum atomic E-state index is -4.89. The van der Waals surface area contributed by atoms with Crippen LogP contribution in [0.1, 0.15) is 62.6 Å². The number of carboxylic acid groups (broad SMARTS) is 2. The number of fused-ring (bicyclic) bond motifs is 1. The number of nitriles is 1. The SMILES string of the molecule is N#CCC1(n2cc(-c3ncnc4[nH]ccc34)cn2)CN(C2CCN(C(=O)CCc3ccnc(C(F)(F)F)c3F)CC2)C1.O=C(O)CCCCC(=O)O. The van der Waals surface area contributed by atoms with Crippen molar-refractivity contribution in [1.82, 2.24) is 39.5 Å². The molecule has 1 amide bonds. The molecule has 0 unspecified atom stereocenters. The number of rotatable bonds is 12. The molecule has 0 aliphatic carbocycles. The first kappa shape index (κ1) is 37.8. The van der Waals surface area contributed by atoms with E-state index in [2.05, 4.69) is 36.0 Å². The number of likely N-dealkylation sites (tertiary alicyclic amines) is 2. The van der Waals surface area contributed by atoms with Crippen LogP contribution in [0.25, 0.3) is 22.3 Å². The van der Waals surface area contributed by atoms with Crippen LogP contribution in [0, 0.1) is 17.1 Å². The summed E-state index contributed by atoms with van der Waals surface area (Å²) in [5, 5.41) is 31.4. The number of piperidine rings is 1. The Balaban J connectivity index is 0.000000459. The quantitative estimate of drug-likeness (QED) is 0.136. The number of hydrogen-bond acceptors (Lipinski definition) is 9. The summed E-state index contributed by atoms with van der Waals surface area (Å²) in [5.41, 5.74) is 0.140. The standard InChI is InChI=1S/C28H27F4N9O.C6H10O4/c29-23-18(3-9-34-25(23)28(30,31)32)1-2-22(42)39-11-5-20(6-12-39)40-15-27(16-40,7-8-33)41-14-19(13-38-41)24-21-4-10-35-26(21)37-17-36-24;7-5(8)3-1-2-4-6(9)10/h3-4,9-10,13-14,17,20H,1-2,5-7,11-12,15-16H2,(H,35,36,37);1-4H2,(H,7,8)(H,9,10). The van der Waals surface area contributed by atoms with Gasteiger partial charge in [-0.15, -0.1) is 0 Å². The number of halogens is 4. The van der Waals surface area contributed by atoms with Crippen molar-refractivity contribution in [2.24, 2.45) is 0 Å². The lowest BCUT2D eigenvalue weighted by Crippen LogP contribution is -2.66. The molecular weight excluding hydrogens is 690 g/mol. The summed E-state index contributed by atoms with van der Waals surface area (Å²) in [5.74, 6) is -3.38. The van der Waals surface area contributed by atoms with E-state index in [0.717, 1.165) is 41.3 Å². The Bertz CT molecular complexity index is 1910. The van der Waals surface area contributed by atoms with Crippen LogP contribution in [-0.2, 0) is 32.5 Å². The highest BCUT2D eigenvalue weighted by atomic mass is 19.4. The molecule has 6 rings (SSSR count). The molecular formula is C34H37F4N9O5. The van der Waals surface area contributed by atoms with Crippen LogP contribution < -0.4 is 0 Å². The summed E-state index contributed by atoms with van der Waals surface area (Å²) in [6, 6.07) is 5.63. The number of hydrogen-bond donors (Lipinski definition) is 3. The van der Waals surface area contributed by atoms with Gasteiger partial charge in [-0.3, -0.25) is 24.0 Å². The van der Waals surface area contributed by atoms with Crippen LogP contribution in [0.4, 0.5) is 17.6 Å². The molecule has 6 heterocycles. The molecule has 2 saturated heterocycles. The number of carbonyl (C=O) groups excluding carboxylic acids is 1. The number of amides is 1. The van der Waals surface area contributed by atoms with Crippen molar-refractivity contribution in [2.75, 3.05) is 26.2 Å². The Hall–Kier alpha value is -5.44. The van der Waals surface area contributed by atoms with Crippen LogP contribution in [0.5, 0.6) is 0 Å². The number of nitrogens with zero attached hydrogens (tertiary/aromatic N) is 8. The van der Waals surface area contributed by atoms with Gasteiger partial charge < -0.3 is 20.1 Å². The average molecular weight is 728 g/mol. The molecule has 0 atom stereocenters. The molecule has 2 fully saturated rings. The van der Waals surface area contributed by atoms with Crippen LogP contribution in [0.2, 0.25) is 0 Å². The maximum Gasteiger partial charge on any atom is 0.436 e. The summed E-state index contributed by atoms with van der Waals surface area (Å²) in [6.45, 7) is 2.30. The predicted molar refractivity (Wildman–Crippen MR) is 176 cm³/mol. The summed E-state index contributed by atoms with van der Waals surface area (Å²) in [6.07, 6.45) is 5.57. The first-order chi connectivity index (χ1) is 24.8. The molecule has 0 radical (unpaired) electrons. The van der Waals surface area contributed by atoms with E-state index in [1.54, 1.807) is 17.3 Å². The number of unbranched alkanes of at least 4 members (excludes halogenated alkanes) is 1. The molecule has 52 heavy (non-hydrogen) atoms. The molecule has 18 heteroatoms. The fourth-order valence-electron chi connectivity index (χ4n) is 6.57. The summed E-state index contributed by atoms with van der Waals surface area (Å²) >= 11 is 0. The van der Waals surface area contributed by atoms with E-state index in [0.29, 0.717) is 45.4 Å². The van der Waals surface area contributed by atoms with Gasteiger partial charge in [0.1, 0.15) is 17.5 Å². The molecule has 3 N–H and O–H groups in total. The van der Waals surface area contributed by atoms with Gasteiger partial charge in [0.15, 0.2) is 11.5 Å². The number of carbonyl (C=O) groups is 3. The van der Waals surface area contributed by atoms with Crippen molar-refractivity contribution in [1.29, 1.82) is 5.26 Å². The second-order valence-corrected chi connectivity index (χ2v) is 12.8. The van der Waals surface area contributed by atoms with E-state index in [9.17, 15) is 37.2 Å². The second-order valence-electron chi connectivity index (χ2n) is 12.8. The normalized spacial score (nSPS) is 16.1. The zero-order valence-corrected chi connectivity index (χ0v) is 28.0. The van der Waals surface area contributed by atoms with Crippen LogP contribution in [0.3, 0.4) is 0 Å². The maximum absolute atomic E-state index is 14.3. The molecule has 0 saturated carbocycles. The van der Waals surface area contributed by atoms with Gasteiger partial charge in [0.2, 0.25) is 5.91 Å².